The van der Waals surface area contributed by atoms with Gasteiger partial charge in [0.2, 0.25) is 0 Å². The highest BCUT2D eigenvalue weighted by Gasteiger charge is 2.32. The van der Waals surface area contributed by atoms with Gasteiger partial charge >= 0.3 is 0 Å². The van der Waals surface area contributed by atoms with E-state index in [4.69, 9.17) is 4.74 Å². The van der Waals surface area contributed by atoms with Gasteiger partial charge in [-0.25, -0.2) is 8.42 Å². The summed E-state index contributed by atoms with van der Waals surface area (Å²) in [6, 6.07) is 10.1. The van der Waals surface area contributed by atoms with Crippen LogP contribution in [0, 0.1) is 5.41 Å². The molecular weight excluding hydrogens is 284 g/mol. The van der Waals surface area contributed by atoms with Crippen LogP contribution in [0.1, 0.15) is 38.7 Å². The van der Waals surface area contributed by atoms with Crippen LogP contribution < -0.4 is 0 Å². The normalized spacial score (nSPS) is 21.0. The number of ether oxygens (including phenoxy) is 1. The van der Waals surface area contributed by atoms with Crippen molar-refractivity contribution in [3.63, 3.8) is 0 Å². The van der Waals surface area contributed by atoms with Gasteiger partial charge in [-0.3, -0.25) is 0 Å². The van der Waals surface area contributed by atoms with Crippen LogP contribution in [0.3, 0.4) is 0 Å². The van der Waals surface area contributed by atoms with Crippen molar-refractivity contribution in [3.05, 3.63) is 42.2 Å². The molecule has 0 bridgehead atoms. The molecular formula is C17H24O3S. The first-order valence-corrected chi connectivity index (χ1v) is 9.27. The number of sulfone groups is 1. The maximum Gasteiger partial charge on any atom is 0.150 e. The summed E-state index contributed by atoms with van der Waals surface area (Å²) in [6.45, 7) is 4.84. The summed E-state index contributed by atoms with van der Waals surface area (Å²) in [4.78, 5) is 0. The van der Waals surface area contributed by atoms with Gasteiger partial charge in [0, 0.05) is 0 Å². The Balaban J connectivity index is 1.80. The van der Waals surface area contributed by atoms with Gasteiger partial charge in [0.05, 0.1) is 24.4 Å². The molecule has 1 heterocycles. The molecule has 1 aromatic carbocycles. The molecule has 0 N–H and O–H groups in total. The molecule has 0 amide bonds. The third kappa shape index (κ3) is 4.88. The second-order valence-electron chi connectivity index (χ2n) is 6.25. The number of benzene rings is 1. The van der Waals surface area contributed by atoms with Gasteiger partial charge in [-0.2, -0.15) is 0 Å². The maximum atomic E-state index is 11.5. The molecule has 0 aromatic heterocycles. The Kier molecular flexibility index (Phi) is 5.09. The summed E-state index contributed by atoms with van der Waals surface area (Å²) >= 11 is 0. The molecule has 0 spiro atoms. The van der Waals surface area contributed by atoms with Crippen molar-refractivity contribution in [2.45, 2.75) is 33.1 Å². The first kappa shape index (κ1) is 16.1. The molecule has 1 saturated heterocycles. The topological polar surface area (TPSA) is 43.4 Å². The Hall–Kier alpha value is -1.29. The zero-order chi connectivity index (χ0) is 15.3. The minimum absolute atomic E-state index is 0.0970. The lowest BCUT2D eigenvalue weighted by Gasteiger charge is -2.33. The van der Waals surface area contributed by atoms with Crippen LogP contribution in [0.25, 0.3) is 5.57 Å². The zero-order valence-electron chi connectivity index (χ0n) is 12.8. The Morgan fingerprint density at radius 3 is 2.48 bits per heavy atom. The highest BCUT2D eigenvalue weighted by atomic mass is 32.2. The Bertz CT molecular complexity index is 574. The summed E-state index contributed by atoms with van der Waals surface area (Å²) in [6.07, 6.45) is 4.21. The van der Waals surface area contributed by atoms with Crippen molar-refractivity contribution in [1.82, 2.24) is 0 Å². The van der Waals surface area contributed by atoms with E-state index in [2.05, 4.69) is 19.1 Å². The average Bonchev–Trinajstić information content (AvgIpc) is 2.48. The maximum absolute atomic E-state index is 11.5. The molecule has 2 rings (SSSR count). The predicted octanol–water partition coefficient (Wildman–Crippen LogP) is 3.67. The molecule has 1 aromatic rings. The van der Waals surface area contributed by atoms with Crippen molar-refractivity contribution < 1.29 is 13.2 Å². The highest BCUT2D eigenvalue weighted by molar-refractivity contribution is 7.91. The molecule has 0 radical (unpaired) electrons. The van der Waals surface area contributed by atoms with Gasteiger partial charge in [-0.15, -0.1) is 0 Å². The molecule has 3 nitrogen and oxygen atoms in total. The van der Waals surface area contributed by atoms with Crippen molar-refractivity contribution in [1.29, 1.82) is 0 Å². The number of rotatable bonds is 5. The van der Waals surface area contributed by atoms with E-state index in [9.17, 15) is 8.42 Å². The lowest BCUT2D eigenvalue weighted by Crippen LogP contribution is -2.32. The minimum Gasteiger partial charge on any atom is -0.501 e. The Labute approximate surface area is 127 Å². The van der Waals surface area contributed by atoms with Crippen LogP contribution in [0.4, 0.5) is 0 Å². The summed E-state index contributed by atoms with van der Waals surface area (Å²) in [7, 11) is -2.79. The van der Waals surface area contributed by atoms with Gasteiger partial charge in [-0.1, -0.05) is 37.3 Å². The number of allylic oxidation sites excluding steroid dienone is 1. The van der Waals surface area contributed by atoms with Crippen molar-refractivity contribution in [2.75, 3.05) is 18.1 Å². The highest BCUT2D eigenvalue weighted by Crippen LogP contribution is 2.35. The van der Waals surface area contributed by atoms with E-state index in [0.29, 0.717) is 18.1 Å². The second-order valence-corrected chi connectivity index (χ2v) is 8.55. The van der Waals surface area contributed by atoms with E-state index in [-0.39, 0.29) is 5.41 Å². The lowest BCUT2D eigenvalue weighted by molar-refractivity contribution is 0.166. The quantitative estimate of drug-likeness (QED) is 0.616. The van der Waals surface area contributed by atoms with Gasteiger partial charge in [0.25, 0.3) is 0 Å². The van der Waals surface area contributed by atoms with Crippen LogP contribution in [0.15, 0.2) is 36.6 Å². The molecule has 0 saturated carbocycles. The molecule has 1 aliphatic rings. The summed E-state index contributed by atoms with van der Waals surface area (Å²) in [5, 5.41) is 0. The number of hydrogen-bond donors (Lipinski definition) is 0. The third-order valence-corrected chi connectivity index (χ3v) is 6.00. The summed E-state index contributed by atoms with van der Waals surface area (Å²) < 4.78 is 28.6. The fourth-order valence-electron chi connectivity index (χ4n) is 2.54. The SMILES string of the molecule is C/C(=C/OCCC1(C)CCS(=O)(=O)CC1)c1ccccc1. The van der Waals surface area contributed by atoms with E-state index in [1.165, 1.54) is 0 Å². The largest absolute Gasteiger partial charge is 0.501 e. The molecule has 4 heteroatoms. The van der Waals surface area contributed by atoms with Gasteiger partial charge in [0.15, 0.2) is 0 Å². The molecule has 116 valence electrons. The van der Waals surface area contributed by atoms with E-state index >= 15 is 0 Å². The van der Waals surface area contributed by atoms with Gasteiger partial charge in [0.1, 0.15) is 9.84 Å². The second kappa shape index (κ2) is 6.65. The van der Waals surface area contributed by atoms with E-state index in [1.54, 1.807) is 6.26 Å². The fraction of sp³-hybridized carbons (Fsp3) is 0.529. The van der Waals surface area contributed by atoms with Crippen LogP contribution >= 0.6 is 0 Å². The van der Waals surface area contributed by atoms with Crippen LogP contribution in [-0.2, 0) is 14.6 Å². The lowest BCUT2D eigenvalue weighted by atomic mass is 9.81. The van der Waals surface area contributed by atoms with Crippen LogP contribution in [0.5, 0.6) is 0 Å². The molecule has 1 aliphatic heterocycles. The van der Waals surface area contributed by atoms with Crippen LogP contribution in [-0.4, -0.2) is 26.5 Å². The molecule has 1 fully saturated rings. The van der Waals surface area contributed by atoms with Crippen LogP contribution in [0.2, 0.25) is 0 Å². The first-order valence-electron chi connectivity index (χ1n) is 7.45. The van der Waals surface area contributed by atoms with Gasteiger partial charge in [-0.05, 0) is 42.7 Å². The zero-order valence-corrected chi connectivity index (χ0v) is 13.7. The monoisotopic (exact) mass is 308 g/mol. The third-order valence-electron chi connectivity index (χ3n) is 4.35. The molecule has 0 atom stereocenters. The van der Waals surface area contributed by atoms with E-state index in [1.807, 2.05) is 25.1 Å². The van der Waals surface area contributed by atoms with E-state index < -0.39 is 9.84 Å². The molecule has 21 heavy (non-hydrogen) atoms. The first-order chi connectivity index (χ1) is 9.90. The Morgan fingerprint density at radius 1 is 1.24 bits per heavy atom. The van der Waals surface area contributed by atoms with Gasteiger partial charge < -0.3 is 4.74 Å². The van der Waals surface area contributed by atoms with Crippen molar-refractivity contribution in [2.24, 2.45) is 5.41 Å². The van der Waals surface area contributed by atoms with E-state index in [0.717, 1.165) is 30.4 Å². The number of hydrogen-bond acceptors (Lipinski definition) is 3. The summed E-state index contributed by atoms with van der Waals surface area (Å²) in [5.41, 5.74) is 2.36. The Morgan fingerprint density at radius 2 is 1.86 bits per heavy atom. The minimum atomic E-state index is -2.79. The van der Waals surface area contributed by atoms with Crippen molar-refractivity contribution in [3.8, 4) is 0 Å². The smallest absolute Gasteiger partial charge is 0.150 e. The molecule has 0 unspecified atom stereocenters. The standard InChI is InChI=1S/C17H24O3S/c1-15(16-6-4-3-5-7-16)14-20-11-8-17(2)9-12-21(18,19)13-10-17/h3-7,14H,8-13H2,1-2H3/b15-14-. The fourth-order valence-corrected chi connectivity index (χ4v) is 4.35. The van der Waals surface area contributed by atoms with Crippen molar-refractivity contribution >= 4 is 15.4 Å². The molecule has 0 aliphatic carbocycles. The average molecular weight is 308 g/mol. The summed E-state index contributed by atoms with van der Waals surface area (Å²) in [5.74, 6) is 0.644. The predicted molar refractivity (Wildman–Crippen MR) is 86.7 cm³/mol.